The number of hydrogen-bond donors (Lipinski definition) is 2. The highest BCUT2D eigenvalue weighted by molar-refractivity contribution is 5.83. The number of anilines is 1. The van der Waals surface area contributed by atoms with E-state index >= 15 is 0 Å². The Morgan fingerprint density at radius 1 is 1.24 bits per heavy atom. The van der Waals surface area contributed by atoms with Crippen molar-refractivity contribution in [2.24, 2.45) is 0 Å². The zero-order valence-electron chi connectivity index (χ0n) is 10.7. The van der Waals surface area contributed by atoms with Crippen molar-refractivity contribution in [3.8, 4) is 11.1 Å². The molecule has 2 rings (SSSR count). The topological polar surface area (TPSA) is 76.2 Å². The van der Waals surface area contributed by atoms with Crippen molar-refractivity contribution in [1.82, 2.24) is 4.98 Å². The van der Waals surface area contributed by atoms with Gasteiger partial charge in [0.2, 0.25) is 0 Å². The summed E-state index contributed by atoms with van der Waals surface area (Å²) in [5, 5.41) is 8.87. The van der Waals surface area contributed by atoms with Crippen LogP contribution in [0.2, 0.25) is 0 Å². The lowest BCUT2D eigenvalue weighted by atomic mass is 9.94. The Morgan fingerprint density at radius 3 is 2.52 bits per heavy atom. The Balaban J connectivity index is 2.70. The maximum atomic E-state index is 13.1. The number of halogens is 3. The van der Waals surface area contributed by atoms with Crippen molar-refractivity contribution in [3.05, 3.63) is 47.7 Å². The third-order valence-corrected chi connectivity index (χ3v) is 2.91. The van der Waals surface area contributed by atoms with E-state index in [-0.39, 0.29) is 22.5 Å². The summed E-state index contributed by atoms with van der Waals surface area (Å²) in [5.41, 5.74) is 4.81. The van der Waals surface area contributed by atoms with Crippen molar-refractivity contribution in [1.29, 1.82) is 0 Å². The first kappa shape index (κ1) is 14.8. The Labute approximate surface area is 118 Å². The molecule has 1 heterocycles. The van der Waals surface area contributed by atoms with Crippen LogP contribution in [0.1, 0.15) is 11.1 Å². The number of carbonyl (C=O) groups is 1. The van der Waals surface area contributed by atoms with E-state index in [2.05, 4.69) is 4.98 Å². The molecule has 0 fully saturated rings. The fourth-order valence-corrected chi connectivity index (χ4v) is 2.09. The molecule has 4 nitrogen and oxygen atoms in total. The number of alkyl halides is 3. The Kier molecular flexibility index (Phi) is 3.84. The number of benzene rings is 1. The van der Waals surface area contributed by atoms with Crippen molar-refractivity contribution in [2.45, 2.75) is 12.6 Å². The number of nitrogens with two attached hydrogens (primary N) is 1. The van der Waals surface area contributed by atoms with E-state index in [0.717, 1.165) is 6.07 Å². The molecule has 0 radical (unpaired) electrons. The second kappa shape index (κ2) is 5.43. The number of nitrogen functional groups attached to an aromatic ring is 1. The van der Waals surface area contributed by atoms with Crippen LogP contribution in [-0.2, 0) is 17.4 Å². The molecule has 0 unspecified atom stereocenters. The summed E-state index contributed by atoms with van der Waals surface area (Å²) >= 11 is 0. The summed E-state index contributed by atoms with van der Waals surface area (Å²) in [5.74, 6) is -1.29. The number of carboxylic acids is 1. The van der Waals surface area contributed by atoms with Crippen LogP contribution in [0.3, 0.4) is 0 Å². The molecule has 0 amide bonds. The summed E-state index contributed by atoms with van der Waals surface area (Å²) in [6.45, 7) is 0. The van der Waals surface area contributed by atoms with Gasteiger partial charge in [0.25, 0.3) is 0 Å². The highest BCUT2D eigenvalue weighted by atomic mass is 19.4. The summed E-state index contributed by atoms with van der Waals surface area (Å²) in [6, 6.07) is 6.22. The fourth-order valence-electron chi connectivity index (χ4n) is 2.09. The highest BCUT2D eigenvalue weighted by Gasteiger charge is 2.34. The maximum absolute atomic E-state index is 13.1. The number of carboxylic acid groups (broad SMARTS) is 1. The largest absolute Gasteiger partial charge is 0.481 e. The molecule has 2 aromatic rings. The quantitative estimate of drug-likeness (QED) is 0.913. The average Bonchev–Trinajstić information content (AvgIpc) is 2.37. The molecule has 110 valence electrons. The van der Waals surface area contributed by atoms with Crippen LogP contribution < -0.4 is 5.73 Å². The third kappa shape index (κ3) is 3.13. The average molecular weight is 296 g/mol. The Hall–Kier alpha value is -2.57. The number of nitrogens with zero attached hydrogens (tertiary/aromatic N) is 1. The van der Waals surface area contributed by atoms with Crippen LogP contribution >= 0.6 is 0 Å². The molecule has 7 heteroatoms. The van der Waals surface area contributed by atoms with Crippen LogP contribution in [0.25, 0.3) is 11.1 Å². The van der Waals surface area contributed by atoms with E-state index in [1.807, 2.05) is 0 Å². The minimum absolute atomic E-state index is 0.00725. The molecule has 3 N–H and O–H groups in total. The van der Waals surface area contributed by atoms with E-state index in [4.69, 9.17) is 10.8 Å². The van der Waals surface area contributed by atoms with Crippen LogP contribution in [0, 0.1) is 0 Å². The van der Waals surface area contributed by atoms with Gasteiger partial charge in [-0.15, -0.1) is 0 Å². The predicted molar refractivity (Wildman–Crippen MR) is 70.4 cm³/mol. The van der Waals surface area contributed by atoms with Crippen LogP contribution in [0.4, 0.5) is 19.0 Å². The second-order valence-electron chi connectivity index (χ2n) is 4.34. The maximum Gasteiger partial charge on any atom is 0.417 e. The van der Waals surface area contributed by atoms with Crippen molar-refractivity contribution in [3.63, 3.8) is 0 Å². The summed E-state index contributed by atoms with van der Waals surface area (Å²) in [7, 11) is 0. The predicted octanol–water partition coefficient (Wildman–Crippen LogP) is 2.98. The van der Waals surface area contributed by atoms with E-state index in [1.54, 1.807) is 0 Å². The van der Waals surface area contributed by atoms with Crippen LogP contribution in [0.5, 0.6) is 0 Å². The lowest BCUT2D eigenvalue weighted by Gasteiger charge is -2.16. The van der Waals surface area contributed by atoms with E-state index < -0.39 is 24.1 Å². The number of hydrogen-bond acceptors (Lipinski definition) is 3. The van der Waals surface area contributed by atoms with Crippen molar-refractivity contribution in [2.75, 3.05) is 5.73 Å². The molecule has 1 aromatic carbocycles. The molecule has 0 saturated heterocycles. The smallest absolute Gasteiger partial charge is 0.417 e. The second-order valence-corrected chi connectivity index (χ2v) is 4.34. The molecule has 0 aliphatic heterocycles. The normalized spacial score (nSPS) is 11.4. The van der Waals surface area contributed by atoms with Gasteiger partial charge in [-0.25, -0.2) is 4.98 Å². The summed E-state index contributed by atoms with van der Waals surface area (Å²) < 4.78 is 39.2. The monoisotopic (exact) mass is 296 g/mol. The number of pyridine rings is 1. The first-order valence-electron chi connectivity index (χ1n) is 5.92. The third-order valence-electron chi connectivity index (χ3n) is 2.91. The molecule has 0 atom stereocenters. The van der Waals surface area contributed by atoms with Gasteiger partial charge in [-0.1, -0.05) is 18.2 Å². The molecule has 21 heavy (non-hydrogen) atoms. The summed E-state index contributed by atoms with van der Waals surface area (Å²) in [6.07, 6.45) is -3.74. The molecule has 1 aromatic heterocycles. The number of aliphatic carboxylic acids is 1. The molecule has 0 spiro atoms. The van der Waals surface area contributed by atoms with Gasteiger partial charge in [0.1, 0.15) is 5.82 Å². The Morgan fingerprint density at radius 2 is 1.90 bits per heavy atom. The fraction of sp³-hybridized carbons (Fsp3) is 0.143. The number of aromatic nitrogens is 1. The van der Waals surface area contributed by atoms with Crippen molar-refractivity contribution >= 4 is 11.8 Å². The first-order valence-corrected chi connectivity index (χ1v) is 5.92. The highest BCUT2D eigenvalue weighted by Crippen LogP contribution is 2.39. The molecule has 0 bridgehead atoms. The van der Waals surface area contributed by atoms with Gasteiger partial charge < -0.3 is 10.8 Å². The van der Waals surface area contributed by atoms with Gasteiger partial charge >= 0.3 is 12.1 Å². The van der Waals surface area contributed by atoms with Gasteiger partial charge in [0, 0.05) is 11.8 Å². The van der Waals surface area contributed by atoms with Crippen LogP contribution in [0.15, 0.2) is 36.5 Å². The van der Waals surface area contributed by atoms with Gasteiger partial charge in [-0.2, -0.15) is 13.2 Å². The van der Waals surface area contributed by atoms with Gasteiger partial charge in [0.15, 0.2) is 0 Å². The molecular formula is C14H11F3N2O2. The number of rotatable bonds is 3. The standard InChI is InChI=1S/C14H11F3N2O2/c15-14(16,17)10-4-2-1-3-9(10)12-8(7-11(20)21)5-6-19-13(12)18/h1-6H,7H2,(H2,18,19)(H,20,21). The van der Waals surface area contributed by atoms with Crippen LogP contribution in [-0.4, -0.2) is 16.1 Å². The lowest BCUT2D eigenvalue weighted by Crippen LogP contribution is -2.10. The molecule has 0 saturated carbocycles. The van der Waals surface area contributed by atoms with Crippen molar-refractivity contribution < 1.29 is 23.1 Å². The summed E-state index contributed by atoms with van der Waals surface area (Å²) in [4.78, 5) is 14.6. The molecule has 0 aliphatic rings. The van der Waals surface area contributed by atoms with E-state index in [0.29, 0.717) is 0 Å². The molecular weight excluding hydrogens is 285 g/mol. The van der Waals surface area contributed by atoms with Gasteiger partial charge in [-0.05, 0) is 23.3 Å². The lowest BCUT2D eigenvalue weighted by molar-refractivity contribution is -0.137. The zero-order chi connectivity index (χ0) is 15.6. The minimum atomic E-state index is -4.57. The minimum Gasteiger partial charge on any atom is -0.481 e. The molecule has 0 aliphatic carbocycles. The SMILES string of the molecule is Nc1nccc(CC(=O)O)c1-c1ccccc1C(F)(F)F. The van der Waals surface area contributed by atoms with Gasteiger partial charge in [-0.3, -0.25) is 4.79 Å². The van der Waals surface area contributed by atoms with E-state index in [1.165, 1.54) is 30.5 Å². The zero-order valence-corrected chi connectivity index (χ0v) is 10.7. The van der Waals surface area contributed by atoms with Gasteiger partial charge in [0.05, 0.1) is 12.0 Å². The Bertz CT molecular complexity index is 684. The van der Waals surface area contributed by atoms with E-state index in [9.17, 15) is 18.0 Å². The first-order chi connectivity index (χ1) is 9.80.